The Morgan fingerprint density at radius 1 is 1.26 bits per heavy atom. The van der Waals surface area contributed by atoms with Gasteiger partial charge in [-0.3, -0.25) is 5.84 Å². The lowest BCUT2D eigenvalue weighted by molar-refractivity contribution is -0.0506. The van der Waals surface area contributed by atoms with Crippen molar-refractivity contribution in [3.63, 3.8) is 0 Å². The fourth-order valence-electron chi connectivity index (χ4n) is 1.74. The van der Waals surface area contributed by atoms with E-state index in [1.54, 1.807) is 18.2 Å². The van der Waals surface area contributed by atoms with Crippen LogP contribution >= 0.6 is 27.3 Å². The summed E-state index contributed by atoms with van der Waals surface area (Å²) in [5.41, 5.74) is 3.19. The van der Waals surface area contributed by atoms with Crippen molar-refractivity contribution in [2.45, 2.75) is 12.7 Å². The Labute approximate surface area is 121 Å². The number of halogens is 3. The molecule has 0 radical (unpaired) electrons. The number of thiophene rings is 1. The summed E-state index contributed by atoms with van der Waals surface area (Å²) in [7, 11) is 0. The van der Waals surface area contributed by atoms with Crippen LogP contribution in [0.5, 0.6) is 5.75 Å². The number of nitrogens with one attached hydrogen (secondary N) is 1. The second-order valence-corrected chi connectivity index (χ2v) is 5.45. The third-order valence-corrected chi connectivity index (χ3v) is 4.46. The highest BCUT2D eigenvalue weighted by Crippen LogP contribution is 2.36. The number of benzene rings is 1. The number of hydrogen-bond acceptors (Lipinski definition) is 4. The van der Waals surface area contributed by atoms with Gasteiger partial charge in [0.2, 0.25) is 0 Å². The van der Waals surface area contributed by atoms with Crippen LogP contribution in [0.4, 0.5) is 8.78 Å². The van der Waals surface area contributed by atoms with Crippen molar-refractivity contribution in [2.75, 3.05) is 0 Å². The molecule has 1 aromatic heterocycles. The number of nitrogens with two attached hydrogens (primary N) is 1. The second kappa shape index (κ2) is 6.42. The third kappa shape index (κ3) is 3.30. The smallest absolute Gasteiger partial charge is 0.387 e. The second-order valence-electron chi connectivity index (χ2n) is 3.65. The molecule has 1 aromatic carbocycles. The van der Waals surface area contributed by atoms with Crippen molar-refractivity contribution >= 4 is 27.3 Å². The van der Waals surface area contributed by atoms with Crippen molar-refractivity contribution in [2.24, 2.45) is 5.84 Å². The summed E-state index contributed by atoms with van der Waals surface area (Å²) in [4.78, 5) is 0.896. The molecule has 3 nitrogen and oxygen atoms in total. The number of hydrogen-bond donors (Lipinski definition) is 2. The van der Waals surface area contributed by atoms with E-state index in [2.05, 4.69) is 26.1 Å². The molecule has 1 heterocycles. The molecule has 0 saturated carbocycles. The number of alkyl halides is 2. The fraction of sp³-hybridized carbons (Fsp3) is 0.167. The van der Waals surface area contributed by atoms with Crippen LogP contribution in [0.25, 0.3) is 0 Å². The topological polar surface area (TPSA) is 47.3 Å². The highest BCUT2D eigenvalue weighted by atomic mass is 79.9. The standard InChI is InChI=1S/C12H11BrF2N2OS/c13-8-5-6-19-11(8)10(17-16)7-3-1-2-4-9(7)18-12(14)15/h1-6,10,12,17H,16H2. The summed E-state index contributed by atoms with van der Waals surface area (Å²) in [6.45, 7) is -2.87. The van der Waals surface area contributed by atoms with Crippen LogP contribution in [0.15, 0.2) is 40.2 Å². The van der Waals surface area contributed by atoms with Gasteiger partial charge in [0.15, 0.2) is 0 Å². The first-order valence-electron chi connectivity index (χ1n) is 5.36. The van der Waals surface area contributed by atoms with Gasteiger partial charge in [-0.2, -0.15) is 8.78 Å². The molecule has 0 spiro atoms. The van der Waals surface area contributed by atoms with Crippen LogP contribution < -0.4 is 16.0 Å². The molecular formula is C12H11BrF2N2OS. The molecular weight excluding hydrogens is 338 g/mol. The molecule has 7 heteroatoms. The Morgan fingerprint density at radius 3 is 2.58 bits per heavy atom. The van der Waals surface area contributed by atoms with E-state index < -0.39 is 12.7 Å². The summed E-state index contributed by atoms with van der Waals surface area (Å²) < 4.78 is 30.2. The maximum absolute atomic E-state index is 12.4. The molecule has 0 saturated heterocycles. The van der Waals surface area contributed by atoms with Gasteiger partial charge < -0.3 is 4.74 Å². The minimum atomic E-state index is -2.87. The van der Waals surface area contributed by atoms with Gasteiger partial charge in [-0.1, -0.05) is 18.2 Å². The zero-order chi connectivity index (χ0) is 13.8. The molecule has 0 aliphatic carbocycles. The fourth-order valence-corrected chi connectivity index (χ4v) is 3.42. The van der Waals surface area contributed by atoms with Crippen molar-refractivity contribution in [3.8, 4) is 5.75 Å². The number of para-hydroxylation sites is 1. The Hall–Kier alpha value is -1.02. The maximum atomic E-state index is 12.4. The summed E-state index contributed by atoms with van der Waals surface area (Å²) in [5, 5.41) is 1.89. The van der Waals surface area contributed by atoms with Crippen LogP contribution in [0.3, 0.4) is 0 Å². The van der Waals surface area contributed by atoms with Crippen LogP contribution in [0, 0.1) is 0 Å². The Balaban J connectivity index is 2.41. The van der Waals surface area contributed by atoms with E-state index in [-0.39, 0.29) is 5.75 Å². The van der Waals surface area contributed by atoms with Crippen molar-refractivity contribution in [1.29, 1.82) is 0 Å². The van der Waals surface area contributed by atoms with Crippen molar-refractivity contribution in [3.05, 3.63) is 50.6 Å². The maximum Gasteiger partial charge on any atom is 0.387 e. The highest BCUT2D eigenvalue weighted by Gasteiger charge is 2.21. The monoisotopic (exact) mass is 348 g/mol. The molecule has 19 heavy (non-hydrogen) atoms. The molecule has 3 N–H and O–H groups in total. The van der Waals surface area contributed by atoms with Gasteiger partial charge in [0.05, 0.1) is 6.04 Å². The molecule has 0 amide bonds. The first kappa shape index (κ1) is 14.4. The Kier molecular flexibility index (Phi) is 4.87. The lowest BCUT2D eigenvalue weighted by Crippen LogP contribution is -2.29. The zero-order valence-electron chi connectivity index (χ0n) is 9.65. The normalized spacial score (nSPS) is 12.7. The average Bonchev–Trinajstić information content (AvgIpc) is 2.78. The minimum Gasteiger partial charge on any atom is -0.434 e. The van der Waals surface area contributed by atoms with Crippen molar-refractivity contribution < 1.29 is 13.5 Å². The highest BCUT2D eigenvalue weighted by molar-refractivity contribution is 9.10. The van der Waals surface area contributed by atoms with E-state index >= 15 is 0 Å². The minimum absolute atomic E-state index is 0.112. The van der Waals surface area contributed by atoms with Gasteiger partial charge >= 0.3 is 6.61 Å². The lowest BCUT2D eigenvalue weighted by atomic mass is 10.0. The van der Waals surface area contributed by atoms with Crippen molar-refractivity contribution in [1.82, 2.24) is 5.43 Å². The molecule has 0 bridgehead atoms. The summed E-state index contributed by atoms with van der Waals surface area (Å²) in [6.07, 6.45) is 0. The van der Waals surface area contributed by atoms with Gasteiger partial charge in [-0.25, -0.2) is 5.43 Å². The van der Waals surface area contributed by atoms with E-state index in [1.807, 2.05) is 11.4 Å². The first-order chi connectivity index (χ1) is 9.13. The van der Waals surface area contributed by atoms with E-state index in [9.17, 15) is 8.78 Å². The van der Waals surface area contributed by atoms with E-state index in [4.69, 9.17) is 5.84 Å². The molecule has 2 rings (SSSR count). The number of hydrazine groups is 1. The van der Waals surface area contributed by atoms with Crippen LogP contribution in [0.1, 0.15) is 16.5 Å². The largest absolute Gasteiger partial charge is 0.434 e. The average molecular weight is 349 g/mol. The molecule has 1 atom stereocenters. The van der Waals surface area contributed by atoms with Crippen LogP contribution in [-0.4, -0.2) is 6.61 Å². The third-order valence-electron chi connectivity index (χ3n) is 2.52. The molecule has 0 aliphatic heterocycles. The van der Waals surface area contributed by atoms with Gasteiger partial charge in [0, 0.05) is 14.9 Å². The zero-order valence-corrected chi connectivity index (χ0v) is 12.0. The summed E-state index contributed by atoms with van der Waals surface area (Å²) >= 11 is 4.88. The summed E-state index contributed by atoms with van der Waals surface area (Å²) in [6, 6.07) is 8.05. The Bertz CT molecular complexity index is 550. The van der Waals surface area contributed by atoms with Gasteiger partial charge in [0.1, 0.15) is 5.75 Å². The SMILES string of the molecule is NNC(c1ccccc1OC(F)F)c1sccc1Br. The molecule has 0 aliphatic rings. The molecule has 102 valence electrons. The van der Waals surface area contributed by atoms with Gasteiger partial charge in [-0.05, 0) is 33.4 Å². The predicted octanol–water partition coefficient (Wildman–Crippen LogP) is 3.66. The van der Waals surface area contributed by atoms with Crippen LogP contribution in [-0.2, 0) is 0 Å². The molecule has 1 unspecified atom stereocenters. The summed E-state index contributed by atoms with van der Waals surface area (Å²) in [5.74, 6) is 5.67. The number of rotatable bonds is 5. The van der Waals surface area contributed by atoms with E-state index in [1.165, 1.54) is 17.4 Å². The van der Waals surface area contributed by atoms with Gasteiger partial charge in [-0.15, -0.1) is 11.3 Å². The molecule has 0 fully saturated rings. The Morgan fingerprint density at radius 2 is 2.00 bits per heavy atom. The van der Waals surface area contributed by atoms with Gasteiger partial charge in [0.25, 0.3) is 0 Å². The molecule has 2 aromatic rings. The van der Waals surface area contributed by atoms with Crippen LogP contribution in [0.2, 0.25) is 0 Å². The van der Waals surface area contributed by atoms with E-state index in [0.29, 0.717) is 5.56 Å². The van der Waals surface area contributed by atoms with E-state index in [0.717, 1.165) is 9.35 Å². The quantitative estimate of drug-likeness (QED) is 0.640. The predicted molar refractivity (Wildman–Crippen MR) is 74.3 cm³/mol. The lowest BCUT2D eigenvalue weighted by Gasteiger charge is -2.19. The number of ether oxygens (including phenoxy) is 1. The first-order valence-corrected chi connectivity index (χ1v) is 7.03.